The molecule has 1 aliphatic rings. The molecule has 1 heterocycles. The van der Waals surface area contributed by atoms with Crippen LogP contribution >= 0.6 is 0 Å². The van der Waals surface area contributed by atoms with E-state index >= 15 is 0 Å². The number of hydrogen-bond donors (Lipinski definition) is 0. The first-order valence-electron chi connectivity index (χ1n) is 8.13. The van der Waals surface area contributed by atoms with E-state index in [4.69, 9.17) is 4.74 Å². The number of non-ortho nitro benzene ring substituents is 1. The Balaban J connectivity index is 2.10. The second kappa shape index (κ2) is 7.00. The minimum atomic E-state index is -4.02. The van der Waals surface area contributed by atoms with Crippen LogP contribution < -0.4 is 4.74 Å². The molecule has 1 aromatic heterocycles. The van der Waals surface area contributed by atoms with Crippen LogP contribution in [0.1, 0.15) is 31.5 Å². The van der Waals surface area contributed by atoms with Crippen molar-refractivity contribution in [1.82, 2.24) is 9.29 Å². The Labute approximate surface area is 151 Å². The molecule has 0 radical (unpaired) electrons. The second-order valence-corrected chi connectivity index (χ2v) is 7.90. The minimum Gasteiger partial charge on any atom is -0.495 e. The van der Waals surface area contributed by atoms with E-state index in [9.17, 15) is 18.5 Å². The highest BCUT2D eigenvalue weighted by Gasteiger charge is 2.43. The molecule has 1 saturated carbocycles. The van der Waals surface area contributed by atoms with Crippen molar-refractivity contribution in [2.24, 2.45) is 0 Å². The molecule has 0 bridgehead atoms. The van der Waals surface area contributed by atoms with Crippen molar-refractivity contribution in [1.29, 1.82) is 0 Å². The molecule has 9 heteroatoms. The molecule has 1 fully saturated rings. The third-order valence-corrected chi connectivity index (χ3v) is 6.36. The zero-order valence-electron chi connectivity index (χ0n) is 14.4. The molecule has 0 N–H and O–H groups in total. The van der Waals surface area contributed by atoms with Gasteiger partial charge in [-0.25, -0.2) is 8.42 Å². The molecule has 0 amide bonds. The molecule has 0 aliphatic heterocycles. The maximum Gasteiger partial charge on any atom is 0.271 e. The number of hydrogen-bond acceptors (Lipinski definition) is 6. The summed E-state index contributed by atoms with van der Waals surface area (Å²) < 4.78 is 33.3. The van der Waals surface area contributed by atoms with E-state index < -0.39 is 21.0 Å². The number of sulfonamides is 1. The van der Waals surface area contributed by atoms with Crippen LogP contribution in [0.25, 0.3) is 0 Å². The average molecular weight is 377 g/mol. The normalized spacial score (nSPS) is 15.7. The van der Waals surface area contributed by atoms with E-state index in [2.05, 4.69) is 4.98 Å². The van der Waals surface area contributed by atoms with Crippen LogP contribution in [0.2, 0.25) is 0 Å². The number of ether oxygens (including phenoxy) is 1. The van der Waals surface area contributed by atoms with E-state index in [-0.39, 0.29) is 22.4 Å². The molecule has 0 spiro atoms. The van der Waals surface area contributed by atoms with Gasteiger partial charge in [-0.3, -0.25) is 15.1 Å². The van der Waals surface area contributed by atoms with Gasteiger partial charge in [0.2, 0.25) is 10.0 Å². The predicted molar refractivity (Wildman–Crippen MR) is 94.3 cm³/mol. The molecule has 1 unspecified atom stereocenters. The van der Waals surface area contributed by atoms with Gasteiger partial charge in [0.15, 0.2) is 0 Å². The Morgan fingerprint density at radius 3 is 2.58 bits per heavy atom. The number of nitro groups is 1. The number of methoxy groups -OCH3 is 1. The summed E-state index contributed by atoms with van der Waals surface area (Å²) >= 11 is 0. The van der Waals surface area contributed by atoms with E-state index in [1.807, 2.05) is 0 Å². The summed E-state index contributed by atoms with van der Waals surface area (Å²) in [6.45, 7) is 1.77. The summed E-state index contributed by atoms with van der Waals surface area (Å²) in [5, 5.41) is 11.1. The van der Waals surface area contributed by atoms with Gasteiger partial charge in [-0.1, -0.05) is 6.07 Å². The highest BCUT2D eigenvalue weighted by Crippen LogP contribution is 2.41. The summed E-state index contributed by atoms with van der Waals surface area (Å²) in [7, 11) is -2.68. The molecule has 26 heavy (non-hydrogen) atoms. The highest BCUT2D eigenvalue weighted by atomic mass is 32.2. The Hall–Kier alpha value is -2.52. The third-order valence-electron chi connectivity index (χ3n) is 4.32. The lowest BCUT2D eigenvalue weighted by atomic mass is 10.2. The molecule has 0 saturated heterocycles. The van der Waals surface area contributed by atoms with Gasteiger partial charge in [-0.05, 0) is 38.0 Å². The number of nitrogens with zero attached hydrogens (tertiary/aromatic N) is 3. The molecular formula is C17H19N3O5S. The summed E-state index contributed by atoms with van der Waals surface area (Å²) in [6, 6.07) is 8.25. The van der Waals surface area contributed by atoms with Gasteiger partial charge in [0.25, 0.3) is 5.69 Å². The van der Waals surface area contributed by atoms with Gasteiger partial charge in [0.1, 0.15) is 10.6 Å². The lowest BCUT2D eigenvalue weighted by molar-refractivity contribution is -0.385. The largest absolute Gasteiger partial charge is 0.495 e. The first-order chi connectivity index (χ1) is 12.4. The smallest absolute Gasteiger partial charge is 0.271 e. The van der Waals surface area contributed by atoms with Crippen LogP contribution in [0.4, 0.5) is 5.69 Å². The van der Waals surface area contributed by atoms with Crippen molar-refractivity contribution >= 4 is 15.7 Å². The number of rotatable bonds is 7. The van der Waals surface area contributed by atoms with Gasteiger partial charge in [0.05, 0.1) is 23.8 Å². The molecule has 1 aromatic carbocycles. The standard InChI is InChI=1S/C17H19N3O5S/c1-12(15-5-3-4-10-18-15)19(13-6-7-13)26(23,24)17-11-14(20(21)22)8-9-16(17)25-2/h3-5,8-13H,6-7H2,1-2H3. The van der Waals surface area contributed by atoms with Crippen molar-refractivity contribution in [2.75, 3.05) is 7.11 Å². The van der Waals surface area contributed by atoms with Crippen molar-refractivity contribution in [3.05, 3.63) is 58.4 Å². The summed E-state index contributed by atoms with van der Waals surface area (Å²) in [5.41, 5.74) is 0.318. The Morgan fingerprint density at radius 2 is 2.04 bits per heavy atom. The fourth-order valence-corrected chi connectivity index (χ4v) is 4.93. The highest BCUT2D eigenvalue weighted by molar-refractivity contribution is 7.89. The third kappa shape index (κ3) is 3.40. The number of aromatic nitrogens is 1. The fourth-order valence-electron chi connectivity index (χ4n) is 2.90. The molecular weight excluding hydrogens is 358 g/mol. The van der Waals surface area contributed by atoms with Crippen LogP contribution in [-0.4, -0.2) is 35.8 Å². The molecule has 1 aliphatic carbocycles. The first kappa shape index (κ1) is 18.3. The monoisotopic (exact) mass is 377 g/mol. The van der Waals surface area contributed by atoms with Gasteiger partial charge < -0.3 is 4.74 Å². The molecule has 3 rings (SSSR count). The maximum atomic E-state index is 13.4. The van der Waals surface area contributed by atoms with E-state index in [1.165, 1.54) is 23.5 Å². The zero-order chi connectivity index (χ0) is 18.9. The van der Waals surface area contributed by atoms with Crippen LogP contribution in [0, 0.1) is 10.1 Å². The molecule has 1 atom stereocenters. The second-order valence-electron chi connectivity index (χ2n) is 6.09. The molecule has 8 nitrogen and oxygen atoms in total. The number of nitro benzene ring substituents is 1. The zero-order valence-corrected chi connectivity index (χ0v) is 15.2. The number of benzene rings is 1. The Bertz CT molecular complexity index is 913. The topological polar surface area (TPSA) is 103 Å². The minimum absolute atomic E-state index is 0.0782. The summed E-state index contributed by atoms with van der Waals surface area (Å²) in [6.07, 6.45) is 3.10. The van der Waals surface area contributed by atoms with Gasteiger partial charge in [0, 0.05) is 24.4 Å². The van der Waals surface area contributed by atoms with Crippen LogP contribution in [-0.2, 0) is 10.0 Å². The van der Waals surface area contributed by atoms with Gasteiger partial charge in [-0.15, -0.1) is 0 Å². The molecule has 138 valence electrons. The predicted octanol–water partition coefficient (Wildman–Crippen LogP) is 2.91. The SMILES string of the molecule is COc1ccc([N+](=O)[O-])cc1S(=O)(=O)N(C1CC1)C(C)c1ccccn1. The van der Waals surface area contributed by atoms with E-state index in [0.29, 0.717) is 5.69 Å². The first-order valence-corrected chi connectivity index (χ1v) is 9.57. The van der Waals surface area contributed by atoms with E-state index in [1.54, 1.807) is 31.3 Å². The van der Waals surface area contributed by atoms with Crippen LogP contribution in [0.5, 0.6) is 5.75 Å². The summed E-state index contributed by atoms with van der Waals surface area (Å²) in [4.78, 5) is 14.5. The lowest BCUT2D eigenvalue weighted by Gasteiger charge is -2.28. The van der Waals surface area contributed by atoms with Crippen molar-refractivity contribution in [2.45, 2.75) is 36.7 Å². The van der Waals surface area contributed by atoms with Crippen molar-refractivity contribution < 1.29 is 18.1 Å². The van der Waals surface area contributed by atoms with Gasteiger partial charge in [-0.2, -0.15) is 4.31 Å². The maximum absolute atomic E-state index is 13.4. The van der Waals surface area contributed by atoms with Crippen LogP contribution in [0.3, 0.4) is 0 Å². The Kier molecular flexibility index (Phi) is 4.92. The molecule has 2 aromatic rings. The Morgan fingerprint density at radius 1 is 1.31 bits per heavy atom. The van der Waals surface area contributed by atoms with Crippen LogP contribution in [0.15, 0.2) is 47.5 Å². The lowest BCUT2D eigenvalue weighted by Crippen LogP contribution is -2.36. The van der Waals surface area contributed by atoms with Gasteiger partial charge >= 0.3 is 0 Å². The van der Waals surface area contributed by atoms with Crippen molar-refractivity contribution in [3.8, 4) is 5.75 Å². The number of pyridine rings is 1. The fraction of sp³-hybridized carbons (Fsp3) is 0.353. The van der Waals surface area contributed by atoms with Crippen molar-refractivity contribution in [3.63, 3.8) is 0 Å². The quantitative estimate of drug-likeness (QED) is 0.543. The average Bonchev–Trinajstić information content (AvgIpc) is 3.46. The van der Waals surface area contributed by atoms with E-state index in [0.717, 1.165) is 18.9 Å². The summed E-state index contributed by atoms with van der Waals surface area (Å²) in [5.74, 6) is 0.0782.